The number of hydrogen-bond acceptors (Lipinski definition) is 2. The van der Waals surface area contributed by atoms with E-state index in [0.29, 0.717) is 19.0 Å². The van der Waals surface area contributed by atoms with Gasteiger partial charge in [0.2, 0.25) is 0 Å². The van der Waals surface area contributed by atoms with Crippen molar-refractivity contribution < 1.29 is 13.6 Å². The van der Waals surface area contributed by atoms with Gasteiger partial charge in [-0.1, -0.05) is 13.3 Å². The van der Waals surface area contributed by atoms with E-state index < -0.39 is 17.3 Å². The van der Waals surface area contributed by atoms with Crippen molar-refractivity contribution in [3.05, 3.63) is 29.3 Å². The number of likely N-dealkylation sites (tertiary alicyclic amines) is 1. The lowest BCUT2D eigenvalue weighted by atomic mass is 9.95. The molecule has 1 aliphatic heterocycles. The van der Waals surface area contributed by atoms with E-state index in [1.165, 1.54) is 0 Å². The predicted molar refractivity (Wildman–Crippen MR) is 69.7 cm³/mol. The summed E-state index contributed by atoms with van der Waals surface area (Å²) in [5.41, 5.74) is 4.69. The molecule has 3 nitrogen and oxygen atoms in total. The van der Waals surface area contributed by atoms with Crippen LogP contribution >= 0.6 is 0 Å². The first-order valence-electron chi connectivity index (χ1n) is 6.56. The van der Waals surface area contributed by atoms with Crippen molar-refractivity contribution in [3.63, 3.8) is 0 Å². The van der Waals surface area contributed by atoms with Crippen LogP contribution in [-0.4, -0.2) is 23.9 Å². The van der Waals surface area contributed by atoms with Crippen LogP contribution in [0.3, 0.4) is 0 Å². The minimum Gasteiger partial charge on any atom is -0.394 e. The molecule has 0 aliphatic carbocycles. The maximum Gasteiger partial charge on any atom is 0.254 e. The summed E-state index contributed by atoms with van der Waals surface area (Å²) in [4.78, 5) is 13.9. The Morgan fingerprint density at radius 3 is 2.63 bits per heavy atom. The van der Waals surface area contributed by atoms with Crippen molar-refractivity contribution >= 4 is 11.6 Å². The topological polar surface area (TPSA) is 46.3 Å². The second kappa shape index (κ2) is 5.55. The molecular formula is C14H18F2N2O. The molecule has 2 rings (SSSR count). The molecule has 104 valence electrons. The summed E-state index contributed by atoms with van der Waals surface area (Å²) in [5, 5.41) is 0. The van der Waals surface area contributed by atoms with Gasteiger partial charge in [-0.25, -0.2) is 8.78 Å². The summed E-state index contributed by atoms with van der Waals surface area (Å²) >= 11 is 0. The van der Waals surface area contributed by atoms with Crippen LogP contribution < -0.4 is 5.73 Å². The number of carbonyl (C=O) groups is 1. The highest BCUT2D eigenvalue weighted by Crippen LogP contribution is 2.23. The maximum absolute atomic E-state index is 13.4. The number of anilines is 1. The van der Waals surface area contributed by atoms with Gasteiger partial charge in [-0.15, -0.1) is 0 Å². The van der Waals surface area contributed by atoms with Gasteiger partial charge in [-0.3, -0.25) is 4.79 Å². The molecule has 1 heterocycles. The Balaban J connectivity index is 2.19. The number of hydrogen-bond donors (Lipinski definition) is 1. The summed E-state index contributed by atoms with van der Waals surface area (Å²) in [6.45, 7) is 3.38. The van der Waals surface area contributed by atoms with Gasteiger partial charge in [0.25, 0.3) is 5.91 Å². The van der Waals surface area contributed by atoms with Gasteiger partial charge in [-0.2, -0.15) is 0 Å². The van der Waals surface area contributed by atoms with Crippen molar-refractivity contribution in [2.45, 2.75) is 26.2 Å². The molecule has 0 radical (unpaired) electrons. The van der Waals surface area contributed by atoms with E-state index in [1.54, 1.807) is 4.90 Å². The Hall–Kier alpha value is -1.65. The largest absolute Gasteiger partial charge is 0.394 e. The highest BCUT2D eigenvalue weighted by molar-refractivity contribution is 5.94. The standard InChI is InChI=1S/C14H18F2N2O/c1-2-9-4-3-5-18(8-9)14(19)10-6-11(15)13(17)12(16)7-10/h6-7,9H,2-5,8,17H2,1H3. The van der Waals surface area contributed by atoms with Gasteiger partial charge >= 0.3 is 0 Å². The molecule has 0 bridgehead atoms. The third-order valence-corrected chi connectivity index (χ3v) is 3.71. The van der Waals surface area contributed by atoms with Crippen LogP contribution in [0.25, 0.3) is 0 Å². The first-order chi connectivity index (χ1) is 9.02. The minimum absolute atomic E-state index is 0.0287. The highest BCUT2D eigenvalue weighted by Gasteiger charge is 2.24. The Labute approximate surface area is 111 Å². The van der Waals surface area contributed by atoms with Crippen molar-refractivity contribution in [1.82, 2.24) is 4.90 Å². The first kappa shape index (κ1) is 13.8. The molecule has 1 saturated heterocycles. The molecule has 0 spiro atoms. The fourth-order valence-electron chi connectivity index (χ4n) is 2.47. The van der Waals surface area contributed by atoms with Crippen molar-refractivity contribution in [2.24, 2.45) is 5.92 Å². The summed E-state index contributed by atoms with van der Waals surface area (Å²) in [6, 6.07) is 2.02. The third-order valence-electron chi connectivity index (χ3n) is 3.71. The fraction of sp³-hybridized carbons (Fsp3) is 0.500. The SMILES string of the molecule is CCC1CCCN(C(=O)c2cc(F)c(N)c(F)c2)C1. The molecule has 0 saturated carbocycles. The van der Waals surface area contributed by atoms with E-state index in [1.807, 2.05) is 0 Å². The monoisotopic (exact) mass is 268 g/mol. The number of piperidine rings is 1. The smallest absolute Gasteiger partial charge is 0.254 e. The Kier molecular flexibility index (Phi) is 4.02. The van der Waals surface area contributed by atoms with E-state index in [0.717, 1.165) is 31.4 Å². The van der Waals surface area contributed by atoms with Crippen molar-refractivity contribution in [3.8, 4) is 0 Å². The average molecular weight is 268 g/mol. The molecule has 1 aromatic carbocycles. The van der Waals surface area contributed by atoms with Crippen LogP contribution in [0, 0.1) is 17.6 Å². The van der Waals surface area contributed by atoms with E-state index in [-0.39, 0.29) is 11.5 Å². The number of nitrogens with zero attached hydrogens (tertiary/aromatic N) is 1. The molecule has 1 aliphatic rings. The molecule has 5 heteroatoms. The molecule has 1 aromatic rings. The average Bonchev–Trinajstić information content (AvgIpc) is 2.43. The van der Waals surface area contributed by atoms with Crippen LogP contribution in [0.15, 0.2) is 12.1 Å². The van der Waals surface area contributed by atoms with Gasteiger partial charge in [0, 0.05) is 18.7 Å². The van der Waals surface area contributed by atoms with E-state index in [4.69, 9.17) is 5.73 Å². The van der Waals surface area contributed by atoms with E-state index in [9.17, 15) is 13.6 Å². The Bertz CT molecular complexity index is 467. The second-order valence-corrected chi connectivity index (χ2v) is 5.02. The summed E-state index contributed by atoms with van der Waals surface area (Å²) in [5.74, 6) is -1.61. The van der Waals surface area contributed by atoms with E-state index >= 15 is 0 Å². The number of benzene rings is 1. The van der Waals surface area contributed by atoms with Gasteiger partial charge in [-0.05, 0) is 30.9 Å². The number of rotatable bonds is 2. The molecule has 2 N–H and O–H groups in total. The number of carbonyl (C=O) groups excluding carboxylic acids is 1. The number of halogens is 2. The zero-order valence-electron chi connectivity index (χ0n) is 11.0. The fourth-order valence-corrected chi connectivity index (χ4v) is 2.47. The molecule has 0 aromatic heterocycles. The first-order valence-corrected chi connectivity index (χ1v) is 6.56. The summed E-state index contributed by atoms with van der Waals surface area (Å²) in [6.07, 6.45) is 3.04. The van der Waals surface area contributed by atoms with Crippen LogP contribution in [0.4, 0.5) is 14.5 Å². The lowest BCUT2D eigenvalue weighted by Crippen LogP contribution is -2.39. The van der Waals surface area contributed by atoms with Crippen LogP contribution in [0.2, 0.25) is 0 Å². The Morgan fingerprint density at radius 1 is 1.42 bits per heavy atom. The minimum atomic E-state index is -0.882. The van der Waals surface area contributed by atoms with Crippen LogP contribution in [0.5, 0.6) is 0 Å². The van der Waals surface area contributed by atoms with E-state index in [2.05, 4.69) is 6.92 Å². The third kappa shape index (κ3) is 2.85. The summed E-state index contributed by atoms with van der Waals surface area (Å²) < 4.78 is 26.7. The molecule has 1 atom stereocenters. The van der Waals surface area contributed by atoms with Gasteiger partial charge in [0.1, 0.15) is 17.3 Å². The predicted octanol–water partition coefficient (Wildman–Crippen LogP) is 2.81. The number of amides is 1. The summed E-state index contributed by atoms with van der Waals surface area (Å²) in [7, 11) is 0. The van der Waals surface area contributed by atoms with Crippen LogP contribution in [0.1, 0.15) is 36.5 Å². The number of nitrogens with two attached hydrogens (primary N) is 1. The quantitative estimate of drug-likeness (QED) is 0.838. The zero-order valence-corrected chi connectivity index (χ0v) is 11.0. The molecular weight excluding hydrogens is 250 g/mol. The highest BCUT2D eigenvalue weighted by atomic mass is 19.1. The van der Waals surface area contributed by atoms with Gasteiger partial charge in [0.15, 0.2) is 0 Å². The van der Waals surface area contributed by atoms with Crippen LogP contribution in [-0.2, 0) is 0 Å². The number of nitrogen functional groups attached to an aromatic ring is 1. The van der Waals surface area contributed by atoms with Gasteiger partial charge in [0.05, 0.1) is 0 Å². The maximum atomic E-state index is 13.4. The molecule has 1 amide bonds. The van der Waals surface area contributed by atoms with Crippen molar-refractivity contribution in [1.29, 1.82) is 0 Å². The Morgan fingerprint density at radius 2 is 2.05 bits per heavy atom. The second-order valence-electron chi connectivity index (χ2n) is 5.02. The lowest BCUT2D eigenvalue weighted by Gasteiger charge is -2.32. The normalized spacial score (nSPS) is 19.5. The lowest BCUT2D eigenvalue weighted by molar-refractivity contribution is 0.0670. The molecule has 19 heavy (non-hydrogen) atoms. The van der Waals surface area contributed by atoms with Gasteiger partial charge < -0.3 is 10.6 Å². The zero-order chi connectivity index (χ0) is 14.0. The molecule has 1 fully saturated rings. The van der Waals surface area contributed by atoms with Crippen molar-refractivity contribution in [2.75, 3.05) is 18.8 Å². The molecule has 1 unspecified atom stereocenters.